The summed E-state index contributed by atoms with van der Waals surface area (Å²) in [6.07, 6.45) is 7.88. The minimum absolute atomic E-state index is 0.115. The number of nitrogen functional groups attached to an aromatic ring is 1. The first kappa shape index (κ1) is 24.8. The number of amides is 1. The summed E-state index contributed by atoms with van der Waals surface area (Å²) in [5, 5.41) is 9.06. The van der Waals surface area contributed by atoms with Crippen LogP contribution in [-0.2, 0) is 4.79 Å². The number of anilines is 4. The van der Waals surface area contributed by atoms with Crippen LogP contribution in [0, 0.1) is 12.3 Å². The Hall–Kier alpha value is -4.87. The third-order valence-corrected chi connectivity index (χ3v) is 6.77. The van der Waals surface area contributed by atoms with E-state index in [1.54, 1.807) is 11.3 Å². The van der Waals surface area contributed by atoms with E-state index >= 15 is 0 Å². The topological polar surface area (TPSA) is 102 Å². The van der Waals surface area contributed by atoms with Gasteiger partial charge in [-0.25, -0.2) is 9.97 Å². The molecule has 4 N–H and O–H groups in total. The second-order valence-electron chi connectivity index (χ2n) is 8.53. The van der Waals surface area contributed by atoms with Crippen LogP contribution >= 0.6 is 11.3 Å². The number of nitrogens with one attached hydrogen (secondary N) is 2. The maximum atomic E-state index is 12.6. The maximum absolute atomic E-state index is 12.6. The summed E-state index contributed by atoms with van der Waals surface area (Å²) < 4.78 is 5.94. The number of hydrogen-bond acceptors (Lipinski definition) is 7. The molecule has 38 heavy (non-hydrogen) atoms. The minimum atomic E-state index is -0.115. The first-order chi connectivity index (χ1) is 18.6. The van der Waals surface area contributed by atoms with Gasteiger partial charge in [-0.3, -0.25) is 4.79 Å². The standard InChI is InChI=1S/C30H25N5O2S/c1-2-20-6-3-7-22(16-20)34-30-24-18-23(11-13-26(24)32-19-33-30)37-14-4-9-29(36)35-27-17-21(10-12-25(27)31)28-8-5-15-38-28/h1,3,5-8,10-13,15-19H,4,9,14,31H2,(H,35,36)(H,32,33,34). The Morgan fingerprint density at radius 3 is 2.82 bits per heavy atom. The van der Waals surface area contributed by atoms with Crippen LogP contribution in [0.25, 0.3) is 21.3 Å². The number of aromatic nitrogens is 2. The number of terminal acetylenes is 1. The molecule has 7 nitrogen and oxygen atoms in total. The van der Waals surface area contributed by atoms with Crippen molar-refractivity contribution in [1.29, 1.82) is 0 Å². The molecule has 1 amide bonds. The molecule has 2 aromatic heterocycles. The Kier molecular flexibility index (Phi) is 7.48. The van der Waals surface area contributed by atoms with Gasteiger partial charge in [0.05, 0.1) is 23.5 Å². The SMILES string of the molecule is C#Cc1cccc(Nc2ncnc3ccc(OCCCC(=O)Nc4cc(-c5cccs5)ccc4N)cc23)c1. The number of thiophene rings is 1. The highest BCUT2D eigenvalue weighted by atomic mass is 32.1. The van der Waals surface area contributed by atoms with Gasteiger partial charge in [0, 0.05) is 27.9 Å². The van der Waals surface area contributed by atoms with Gasteiger partial charge in [-0.05, 0) is 72.0 Å². The van der Waals surface area contributed by atoms with E-state index < -0.39 is 0 Å². The number of hydrogen-bond donors (Lipinski definition) is 3. The van der Waals surface area contributed by atoms with Gasteiger partial charge in [0.2, 0.25) is 5.91 Å². The zero-order chi connectivity index (χ0) is 26.3. The van der Waals surface area contributed by atoms with Crippen molar-refractivity contribution >= 4 is 51.0 Å². The molecule has 0 saturated carbocycles. The minimum Gasteiger partial charge on any atom is -0.494 e. The quantitative estimate of drug-likeness (QED) is 0.117. The average Bonchev–Trinajstić information content (AvgIpc) is 3.48. The predicted octanol–water partition coefficient (Wildman–Crippen LogP) is 6.46. The monoisotopic (exact) mass is 519 g/mol. The molecular weight excluding hydrogens is 494 g/mol. The van der Waals surface area contributed by atoms with Gasteiger partial charge in [-0.2, -0.15) is 0 Å². The molecule has 188 valence electrons. The van der Waals surface area contributed by atoms with Crippen molar-refractivity contribution in [3.05, 3.63) is 90.1 Å². The van der Waals surface area contributed by atoms with Crippen molar-refractivity contribution in [1.82, 2.24) is 9.97 Å². The molecule has 0 bridgehead atoms. The highest BCUT2D eigenvalue weighted by Crippen LogP contribution is 2.30. The van der Waals surface area contributed by atoms with E-state index in [0.717, 1.165) is 32.6 Å². The van der Waals surface area contributed by atoms with Gasteiger partial charge in [0.15, 0.2) is 0 Å². The zero-order valence-corrected chi connectivity index (χ0v) is 21.3. The Balaban J connectivity index is 1.18. The molecule has 0 spiro atoms. The van der Waals surface area contributed by atoms with E-state index in [1.807, 2.05) is 78.2 Å². The molecule has 0 aliphatic heterocycles. The normalized spacial score (nSPS) is 10.6. The van der Waals surface area contributed by atoms with Crippen LogP contribution in [0.5, 0.6) is 5.75 Å². The number of nitrogens with two attached hydrogens (primary N) is 1. The van der Waals surface area contributed by atoms with Crippen LogP contribution in [0.4, 0.5) is 22.9 Å². The second kappa shape index (κ2) is 11.5. The van der Waals surface area contributed by atoms with E-state index in [9.17, 15) is 4.79 Å². The first-order valence-corrected chi connectivity index (χ1v) is 12.9. The van der Waals surface area contributed by atoms with Crippen LogP contribution in [0.2, 0.25) is 0 Å². The summed E-state index contributed by atoms with van der Waals surface area (Å²) in [6.45, 7) is 0.379. The molecular formula is C30H25N5O2S. The molecule has 8 heteroatoms. The number of fused-ring (bicyclic) bond motifs is 1. The highest BCUT2D eigenvalue weighted by molar-refractivity contribution is 7.13. The number of benzene rings is 3. The largest absolute Gasteiger partial charge is 0.494 e. The molecule has 5 rings (SSSR count). The lowest BCUT2D eigenvalue weighted by Crippen LogP contribution is -2.14. The lowest BCUT2D eigenvalue weighted by atomic mass is 10.1. The number of nitrogens with zero attached hydrogens (tertiary/aromatic N) is 2. The molecule has 0 aliphatic carbocycles. The van der Waals surface area contributed by atoms with E-state index in [2.05, 4.69) is 26.5 Å². The smallest absolute Gasteiger partial charge is 0.224 e. The summed E-state index contributed by atoms with van der Waals surface area (Å²) in [4.78, 5) is 22.4. The molecule has 2 heterocycles. The van der Waals surface area contributed by atoms with Crippen molar-refractivity contribution in [2.45, 2.75) is 12.8 Å². The molecule has 0 unspecified atom stereocenters. The number of rotatable bonds is 9. The van der Waals surface area contributed by atoms with E-state index in [1.165, 1.54) is 6.33 Å². The van der Waals surface area contributed by atoms with Crippen molar-refractivity contribution in [3.63, 3.8) is 0 Å². The van der Waals surface area contributed by atoms with Gasteiger partial charge in [-0.1, -0.05) is 24.1 Å². The molecule has 0 fully saturated rings. The van der Waals surface area contributed by atoms with Crippen LogP contribution in [0.15, 0.2) is 84.5 Å². The summed E-state index contributed by atoms with van der Waals surface area (Å²) in [5.41, 5.74) is 10.6. The molecule has 0 aliphatic rings. The fourth-order valence-corrected chi connectivity index (χ4v) is 4.67. The van der Waals surface area contributed by atoms with Crippen molar-refractivity contribution < 1.29 is 9.53 Å². The summed E-state index contributed by atoms with van der Waals surface area (Å²) >= 11 is 1.64. The third kappa shape index (κ3) is 5.91. The lowest BCUT2D eigenvalue weighted by Gasteiger charge is -2.12. The first-order valence-electron chi connectivity index (χ1n) is 12.0. The summed E-state index contributed by atoms with van der Waals surface area (Å²) in [6, 6.07) is 22.9. The van der Waals surface area contributed by atoms with Crippen molar-refractivity contribution in [2.24, 2.45) is 0 Å². The van der Waals surface area contributed by atoms with Crippen LogP contribution < -0.4 is 21.1 Å². The molecule has 0 atom stereocenters. The predicted molar refractivity (Wildman–Crippen MR) is 155 cm³/mol. The number of carbonyl (C=O) groups is 1. The molecule has 3 aromatic carbocycles. The van der Waals surface area contributed by atoms with E-state index in [-0.39, 0.29) is 5.91 Å². The Labute approximate surface area is 224 Å². The Morgan fingerprint density at radius 1 is 1.05 bits per heavy atom. The van der Waals surface area contributed by atoms with Gasteiger partial charge >= 0.3 is 0 Å². The highest BCUT2D eigenvalue weighted by Gasteiger charge is 2.10. The van der Waals surface area contributed by atoms with Gasteiger partial charge in [0.25, 0.3) is 0 Å². The van der Waals surface area contributed by atoms with Gasteiger partial charge in [0.1, 0.15) is 17.9 Å². The zero-order valence-electron chi connectivity index (χ0n) is 20.5. The average molecular weight is 520 g/mol. The summed E-state index contributed by atoms with van der Waals surface area (Å²) in [7, 11) is 0. The van der Waals surface area contributed by atoms with Crippen LogP contribution in [0.3, 0.4) is 0 Å². The number of ether oxygens (including phenoxy) is 1. The van der Waals surface area contributed by atoms with Gasteiger partial charge < -0.3 is 21.1 Å². The Morgan fingerprint density at radius 2 is 1.97 bits per heavy atom. The third-order valence-electron chi connectivity index (χ3n) is 5.85. The molecule has 0 radical (unpaired) electrons. The number of carbonyl (C=O) groups excluding carboxylic acids is 1. The fourth-order valence-electron chi connectivity index (χ4n) is 3.94. The Bertz CT molecular complexity index is 1630. The van der Waals surface area contributed by atoms with E-state index in [4.69, 9.17) is 16.9 Å². The molecule has 0 saturated heterocycles. The van der Waals surface area contributed by atoms with Crippen molar-refractivity contribution in [3.8, 4) is 28.5 Å². The van der Waals surface area contributed by atoms with Crippen LogP contribution in [-0.4, -0.2) is 22.5 Å². The maximum Gasteiger partial charge on any atom is 0.224 e. The lowest BCUT2D eigenvalue weighted by molar-refractivity contribution is -0.116. The molecule has 5 aromatic rings. The van der Waals surface area contributed by atoms with Gasteiger partial charge in [-0.15, -0.1) is 17.8 Å². The second-order valence-corrected chi connectivity index (χ2v) is 9.48. The van der Waals surface area contributed by atoms with Crippen LogP contribution in [0.1, 0.15) is 18.4 Å². The van der Waals surface area contributed by atoms with E-state index in [0.29, 0.717) is 42.4 Å². The fraction of sp³-hybridized carbons (Fsp3) is 0.100. The van der Waals surface area contributed by atoms with Crippen molar-refractivity contribution in [2.75, 3.05) is 23.0 Å². The summed E-state index contributed by atoms with van der Waals surface area (Å²) in [5.74, 6) is 3.84.